The molecule has 1 aliphatic rings. The Labute approximate surface area is 115 Å². The molecule has 0 amide bonds. The molecule has 1 aromatic heterocycles. The minimum atomic E-state index is -0.508. The van der Waals surface area contributed by atoms with Crippen LogP contribution in [0.5, 0.6) is 0 Å². The summed E-state index contributed by atoms with van der Waals surface area (Å²) in [4.78, 5) is 0. The molecule has 1 N–H and O–H groups in total. The molecule has 3 atom stereocenters. The van der Waals surface area contributed by atoms with E-state index in [1.807, 2.05) is 20.2 Å². The highest BCUT2D eigenvalue weighted by Crippen LogP contribution is 2.38. The zero-order chi connectivity index (χ0) is 13.9. The van der Waals surface area contributed by atoms with E-state index in [4.69, 9.17) is 4.74 Å². The SMILES string of the molecule is CCOC1(C(O)Cc2cn(C)nn2)CCCC(C)C1. The number of aliphatic hydroxyl groups excluding tert-OH is 1. The fourth-order valence-corrected chi connectivity index (χ4v) is 3.23. The third kappa shape index (κ3) is 3.34. The summed E-state index contributed by atoms with van der Waals surface area (Å²) < 4.78 is 7.64. The Hall–Kier alpha value is -0.940. The molecule has 2 rings (SSSR count). The van der Waals surface area contributed by atoms with Crippen molar-refractivity contribution in [3.8, 4) is 0 Å². The number of aliphatic hydroxyl groups is 1. The van der Waals surface area contributed by atoms with Crippen molar-refractivity contribution in [1.82, 2.24) is 15.0 Å². The number of rotatable bonds is 5. The highest BCUT2D eigenvalue weighted by Gasteiger charge is 2.42. The van der Waals surface area contributed by atoms with Gasteiger partial charge in [-0.25, -0.2) is 0 Å². The highest BCUT2D eigenvalue weighted by molar-refractivity contribution is 5.01. The molecule has 1 saturated carbocycles. The first kappa shape index (κ1) is 14.5. The maximum atomic E-state index is 10.6. The molecule has 108 valence electrons. The van der Waals surface area contributed by atoms with E-state index >= 15 is 0 Å². The van der Waals surface area contributed by atoms with Gasteiger partial charge in [0.25, 0.3) is 0 Å². The summed E-state index contributed by atoms with van der Waals surface area (Å²) in [5, 5.41) is 18.6. The second-order valence-electron chi connectivity index (χ2n) is 5.80. The third-order valence-corrected chi connectivity index (χ3v) is 4.08. The largest absolute Gasteiger partial charge is 0.390 e. The van der Waals surface area contributed by atoms with Crippen molar-refractivity contribution in [2.45, 2.75) is 57.7 Å². The average molecular weight is 267 g/mol. The number of ether oxygens (including phenoxy) is 1. The molecule has 5 nitrogen and oxygen atoms in total. The van der Waals surface area contributed by atoms with Crippen LogP contribution >= 0.6 is 0 Å². The van der Waals surface area contributed by atoms with E-state index < -0.39 is 11.7 Å². The topological polar surface area (TPSA) is 60.2 Å². The van der Waals surface area contributed by atoms with Gasteiger partial charge in [0.05, 0.1) is 17.4 Å². The lowest BCUT2D eigenvalue weighted by atomic mass is 9.74. The van der Waals surface area contributed by atoms with Crippen LogP contribution in [-0.2, 0) is 18.2 Å². The van der Waals surface area contributed by atoms with E-state index in [2.05, 4.69) is 17.2 Å². The van der Waals surface area contributed by atoms with Crippen LogP contribution in [0.1, 0.15) is 45.2 Å². The van der Waals surface area contributed by atoms with Crippen LogP contribution in [-0.4, -0.2) is 38.4 Å². The lowest BCUT2D eigenvalue weighted by Gasteiger charge is -2.43. The number of hydrogen-bond acceptors (Lipinski definition) is 4. The Balaban J connectivity index is 2.09. The van der Waals surface area contributed by atoms with Gasteiger partial charge in [-0.3, -0.25) is 4.68 Å². The van der Waals surface area contributed by atoms with Gasteiger partial charge in [-0.15, -0.1) is 5.10 Å². The van der Waals surface area contributed by atoms with E-state index in [-0.39, 0.29) is 0 Å². The van der Waals surface area contributed by atoms with Gasteiger partial charge in [-0.05, 0) is 25.7 Å². The summed E-state index contributed by atoms with van der Waals surface area (Å²) in [6.07, 6.45) is 6.09. The molecule has 3 unspecified atom stereocenters. The second-order valence-corrected chi connectivity index (χ2v) is 5.80. The van der Waals surface area contributed by atoms with Gasteiger partial charge < -0.3 is 9.84 Å². The monoisotopic (exact) mass is 267 g/mol. The Morgan fingerprint density at radius 2 is 2.42 bits per heavy atom. The van der Waals surface area contributed by atoms with Gasteiger partial charge >= 0.3 is 0 Å². The predicted octanol–water partition coefficient (Wildman–Crippen LogP) is 1.70. The van der Waals surface area contributed by atoms with Crippen LogP contribution in [0.2, 0.25) is 0 Å². The standard InChI is InChI=1S/C14H25N3O2/c1-4-19-14(7-5-6-11(2)9-14)13(18)8-12-10-17(3)16-15-12/h10-11,13,18H,4-9H2,1-3H3. The average Bonchev–Trinajstić information content (AvgIpc) is 2.75. The Bertz CT molecular complexity index is 403. The molecule has 0 spiro atoms. The molecule has 1 fully saturated rings. The Morgan fingerprint density at radius 1 is 1.63 bits per heavy atom. The van der Waals surface area contributed by atoms with Crippen molar-refractivity contribution in [1.29, 1.82) is 0 Å². The molecule has 0 saturated heterocycles. The maximum Gasteiger partial charge on any atom is 0.0946 e. The van der Waals surface area contributed by atoms with Gasteiger partial charge in [-0.1, -0.05) is 25.0 Å². The molecular weight excluding hydrogens is 242 g/mol. The van der Waals surface area contributed by atoms with Crippen LogP contribution in [0.15, 0.2) is 6.20 Å². The summed E-state index contributed by atoms with van der Waals surface area (Å²) in [7, 11) is 1.84. The van der Waals surface area contributed by atoms with E-state index in [1.54, 1.807) is 4.68 Å². The molecule has 19 heavy (non-hydrogen) atoms. The van der Waals surface area contributed by atoms with E-state index in [0.29, 0.717) is 18.9 Å². The minimum absolute atomic E-state index is 0.399. The Kier molecular flexibility index (Phi) is 4.58. The maximum absolute atomic E-state index is 10.6. The van der Waals surface area contributed by atoms with Gasteiger partial charge in [0.1, 0.15) is 0 Å². The van der Waals surface area contributed by atoms with Crippen LogP contribution in [0.25, 0.3) is 0 Å². The highest BCUT2D eigenvalue weighted by atomic mass is 16.5. The van der Waals surface area contributed by atoms with Crippen molar-refractivity contribution in [3.05, 3.63) is 11.9 Å². The molecule has 0 bridgehead atoms. The first-order valence-corrected chi connectivity index (χ1v) is 7.23. The number of hydrogen-bond donors (Lipinski definition) is 1. The molecule has 5 heteroatoms. The zero-order valence-electron chi connectivity index (χ0n) is 12.2. The van der Waals surface area contributed by atoms with Crippen molar-refractivity contribution in [2.24, 2.45) is 13.0 Å². The second kappa shape index (κ2) is 6.01. The van der Waals surface area contributed by atoms with Gasteiger partial charge in [0, 0.05) is 26.3 Å². The molecule has 0 aromatic carbocycles. The van der Waals surface area contributed by atoms with Crippen LogP contribution in [0.4, 0.5) is 0 Å². The van der Waals surface area contributed by atoms with Gasteiger partial charge in [0.15, 0.2) is 0 Å². The summed E-state index contributed by atoms with van der Waals surface area (Å²) in [5.41, 5.74) is 0.427. The van der Waals surface area contributed by atoms with E-state index in [1.165, 1.54) is 6.42 Å². The van der Waals surface area contributed by atoms with Crippen molar-refractivity contribution < 1.29 is 9.84 Å². The fraction of sp³-hybridized carbons (Fsp3) is 0.857. The first-order chi connectivity index (χ1) is 9.05. The van der Waals surface area contributed by atoms with Gasteiger partial charge in [-0.2, -0.15) is 0 Å². The Morgan fingerprint density at radius 3 is 3.00 bits per heavy atom. The molecular formula is C14H25N3O2. The smallest absolute Gasteiger partial charge is 0.0946 e. The van der Waals surface area contributed by atoms with Crippen LogP contribution in [0, 0.1) is 5.92 Å². The quantitative estimate of drug-likeness (QED) is 0.882. The molecule has 1 heterocycles. The summed E-state index contributed by atoms with van der Waals surface area (Å²) in [5.74, 6) is 0.608. The lowest BCUT2D eigenvalue weighted by Crippen LogP contribution is -2.49. The summed E-state index contributed by atoms with van der Waals surface area (Å²) >= 11 is 0. The lowest BCUT2D eigenvalue weighted by molar-refractivity contribution is -0.147. The van der Waals surface area contributed by atoms with E-state index in [9.17, 15) is 5.11 Å². The molecule has 0 aliphatic heterocycles. The number of nitrogens with zero attached hydrogens (tertiary/aromatic N) is 3. The first-order valence-electron chi connectivity index (χ1n) is 7.23. The van der Waals surface area contributed by atoms with Crippen LogP contribution in [0.3, 0.4) is 0 Å². The molecule has 1 aromatic rings. The predicted molar refractivity (Wildman–Crippen MR) is 72.7 cm³/mol. The zero-order valence-corrected chi connectivity index (χ0v) is 12.2. The molecule has 1 aliphatic carbocycles. The van der Waals surface area contributed by atoms with Gasteiger partial charge in [0.2, 0.25) is 0 Å². The normalized spacial score (nSPS) is 29.4. The van der Waals surface area contributed by atoms with Crippen molar-refractivity contribution in [2.75, 3.05) is 6.61 Å². The number of aryl methyl sites for hydroxylation is 1. The minimum Gasteiger partial charge on any atom is -0.390 e. The van der Waals surface area contributed by atoms with Crippen molar-refractivity contribution in [3.63, 3.8) is 0 Å². The molecule has 0 radical (unpaired) electrons. The summed E-state index contributed by atoms with van der Waals surface area (Å²) in [6.45, 7) is 4.88. The van der Waals surface area contributed by atoms with Crippen LogP contribution < -0.4 is 0 Å². The van der Waals surface area contributed by atoms with E-state index in [0.717, 1.165) is 25.0 Å². The fourth-order valence-electron chi connectivity index (χ4n) is 3.23. The number of aromatic nitrogens is 3. The summed E-state index contributed by atoms with van der Waals surface area (Å²) in [6, 6.07) is 0. The third-order valence-electron chi connectivity index (χ3n) is 4.08. The van der Waals surface area contributed by atoms with Crippen molar-refractivity contribution >= 4 is 0 Å².